The normalized spacial score (nSPS) is 11.5. The van der Waals surface area contributed by atoms with Gasteiger partial charge in [0.1, 0.15) is 11.4 Å². The van der Waals surface area contributed by atoms with Gasteiger partial charge in [0, 0.05) is 25.2 Å². The van der Waals surface area contributed by atoms with E-state index in [1.165, 1.54) is 0 Å². The van der Waals surface area contributed by atoms with Gasteiger partial charge in [-0.15, -0.1) is 0 Å². The summed E-state index contributed by atoms with van der Waals surface area (Å²) >= 11 is 0. The van der Waals surface area contributed by atoms with Crippen molar-refractivity contribution in [1.29, 1.82) is 0 Å². The largest absolute Gasteiger partial charge is 0.392 e. The van der Waals surface area contributed by atoms with Crippen molar-refractivity contribution in [3.63, 3.8) is 0 Å². The van der Waals surface area contributed by atoms with Gasteiger partial charge in [0.25, 0.3) is 11.8 Å². The van der Waals surface area contributed by atoms with Gasteiger partial charge in [-0.2, -0.15) is 10.2 Å². The number of hydrogen-bond donors (Lipinski definition) is 4. The van der Waals surface area contributed by atoms with Gasteiger partial charge in [-0.1, -0.05) is 24.3 Å². The molecular formula is C31H34N10O3. The Morgan fingerprint density at radius 1 is 0.864 bits per heavy atom. The molecule has 0 saturated carbocycles. The van der Waals surface area contributed by atoms with E-state index in [9.17, 15) is 14.7 Å². The maximum atomic E-state index is 13.3. The molecule has 2 amide bonds. The van der Waals surface area contributed by atoms with Crippen molar-refractivity contribution in [2.75, 3.05) is 10.6 Å². The molecule has 0 bridgehead atoms. The fourth-order valence-corrected chi connectivity index (χ4v) is 5.48. The lowest BCUT2D eigenvalue weighted by molar-refractivity contribution is 0.100. The molecule has 0 aliphatic rings. The molecule has 226 valence electrons. The first-order chi connectivity index (χ1) is 21.4. The molecule has 13 heteroatoms. The quantitative estimate of drug-likeness (QED) is 0.162. The molecule has 44 heavy (non-hydrogen) atoms. The number of nitrogens with zero attached hydrogens (tertiary/aromatic N) is 7. The van der Waals surface area contributed by atoms with Gasteiger partial charge in [0.05, 0.1) is 40.1 Å². The molecular weight excluding hydrogens is 560 g/mol. The van der Waals surface area contributed by atoms with E-state index in [1.54, 1.807) is 16.8 Å². The smallest absolute Gasteiger partial charge is 0.276 e. The van der Waals surface area contributed by atoms with E-state index in [-0.39, 0.29) is 18.4 Å². The van der Waals surface area contributed by atoms with Crippen molar-refractivity contribution in [1.82, 2.24) is 39.1 Å². The number of aliphatic hydroxyl groups excluding tert-OH is 1. The van der Waals surface area contributed by atoms with Crippen LogP contribution in [0, 0.1) is 13.8 Å². The molecule has 0 radical (unpaired) electrons. The van der Waals surface area contributed by atoms with Crippen molar-refractivity contribution in [2.45, 2.75) is 59.9 Å². The highest BCUT2D eigenvalue weighted by molar-refractivity contribution is 6.03. The summed E-state index contributed by atoms with van der Waals surface area (Å²) in [5.41, 5.74) is 6.19. The number of nitrogens with one attached hydrogen (secondary N) is 3. The second kappa shape index (κ2) is 12.1. The predicted molar refractivity (Wildman–Crippen MR) is 166 cm³/mol. The second-order valence-corrected chi connectivity index (χ2v) is 10.6. The number of benzene rings is 2. The number of amides is 2. The van der Waals surface area contributed by atoms with Gasteiger partial charge in [-0.05, 0) is 63.9 Å². The van der Waals surface area contributed by atoms with Crippen LogP contribution in [0.4, 0.5) is 11.9 Å². The van der Waals surface area contributed by atoms with Crippen LogP contribution in [0.25, 0.3) is 22.1 Å². The van der Waals surface area contributed by atoms with Gasteiger partial charge >= 0.3 is 0 Å². The number of rotatable bonds is 11. The van der Waals surface area contributed by atoms with Crippen LogP contribution < -0.4 is 10.6 Å². The van der Waals surface area contributed by atoms with Crippen LogP contribution in [0.15, 0.2) is 54.6 Å². The molecule has 6 rings (SSSR count). The molecule has 13 nitrogen and oxygen atoms in total. The SMILES string of the molecule is CCn1nc(C)cc1C(=O)Nc1nc2cccc(CO)c2n1CCCCn1c(NC(=O)c2cc(C)n[nH]2)nc2ccccc21. The lowest BCUT2D eigenvalue weighted by Gasteiger charge is -2.13. The van der Waals surface area contributed by atoms with Crippen LogP contribution >= 0.6 is 0 Å². The molecule has 0 unspecified atom stereocenters. The van der Waals surface area contributed by atoms with Crippen molar-refractivity contribution in [3.05, 3.63) is 82.9 Å². The molecule has 0 aliphatic heterocycles. The first-order valence-corrected chi connectivity index (χ1v) is 14.6. The van der Waals surface area contributed by atoms with Gasteiger partial charge in [0.2, 0.25) is 11.9 Å². The van der Waals surface area contributed by atoms with Crippen LogP contribution in [-0.4, -0.2) is 56.0 Å². The summed E-state index contributed by atoms with van der Waals surface area (Å²) in [4.78, 5) is 35.6. The molecule has 0 spiro atoms. The number of carbonyl (C=O) groups is 2. The highest BCUT2D eigenvalue weighted by Gasteiger charge is 2.20. The van der Waals surface area contributed by atoms with E-state index in [2.05, 4.69) is 30.9 Å². The Morgan fingerprint density at radius 3 is 2.32 bits per heavy atom. The lowest BCUT2D eigenvalue weighted by Crippen LogP contribution is -2.20. The van der Waals surface area contributed by atoms with Gasteiger partial charge in [-0.3, -0.25) is 30.0 Å². The number of carbonyl (C=O) groups excluding carboxylic acids is 2. The summed E-state index contributed by atoms with van der Waals surface area (Å²) in [5, 5.41) is 27.2. The lowest BCUT2D eigenvalue weighted by atomic mass is 10.2. The van der Waals surface area contributed by atoms with Crippen LogP contribution in [0.1, 0.15) is 57.7 Å². The third-order valence-electron chi connectivity index (χ3n) is 7.52. The molecule has 6 aromatic rings. The Labute approximate surface area is 252 Å². The molecule has 4 aromatic heterocycles. The molecule has 0 atom stereocenters. The number of aromatic amines is 1. The zero-order valence-corrected chi connectivity index (χ0v) is 24.8. The van der Waals surface area contributed by atoms with Crippen molar-refractivity contribution in [2.24, 2.45) is 0 Å². The summed E-state index contributed by atoms with van der Waals surface area (Å²) in [6.07, 6.45) is 1.46. The summed E-state index contributed by atoms with van der Waals surface area (Å²) in [5.74, 6) is 0.244. The van der Waals surface area contributed by atoms with E-state index in [1.807, 2.05) is 72.4 Å². The van der Waals surface area contributed by atoms with Crippen molar-refractivity contribution < 1.29 is 14.7 Å². The Morgan fingerprint density at radius 2 is 1.57 bits per heavy atom. The van der Waals surface area contributed by atoms with E-state index >= 15 is 0 Å². The van der Waals surface area contributed by atoms with Crippen LogP contribution in [0.5, 0.6) is 0 Å². The monoisotopic (exact) mass is 594 g/mol. The summed E-state index contributed by atoms with van der Waals surface area (Å²) in [7, 11) is 0. The fourth-order valence-electron chi connectivity index (χ4n) is 5.48. The van der Waals surface area contributed by atoms with E-state index in [0.717, 1.165) is 46.3 Å². The number of imidazole rings is 2. The first kappa shape index (κ1) is 28.8. The summed E-state index contributed by atoms with van der Waals surface area (Å²) in [6.45, 7) is 7.14. The number of aryl methyl sites for hydroxylation is 5. The zero-order valence-electron chi connectivity index (χ0n) is 24.8. The van der Waals surface area contributed by atoms with Crippen LogP contribution in [0.2, 0.25) is 0 Å². The third-order valence-corrected chi connectivity index (χ3v) is 7.52. The minimum absolute atomic E-state index is 0.155. The second-order valence-electron chi connectivity index (χ2n) is 10.6. The maximum absolute atomic E-state index is 13.3. The minimum Gasteiger partial charge on any atom is -0.392 e. The summed E-state index contributed by atoms with van der Waals surface area (Å²) in [6, 6.07) is 16.8. The van der Waals surface area contributed by atoms with Gasteiger partial charge in [-0.25, -0.2) is 9.97 Å². The van der Waals surface area contributed by atoms with E-state index in [0.29, 0.717) is 48.4 Å². The van der Waals surface area contributed by atoms with Crippen LogP contribution in [-0.2, 0) is 26.2 Å². The minimum atomic E-state index is -0.316. The number of aliphatic hydroxyl groups is 1. The molecule has 0 aliphatic carbocycles. The molecule has 4 N–H and O–H groups in total. The Kier molecular flexibility index (Phi) is 7.94. The molecule has 0 fully saturated rings. The summed E-state index contributed by atoms with van der Waals surface area (Å²) < 4.78 is 5.61. The number of fused-ring (bicyclic) bond motifs is 2. The number of anilines is 2. The predicted octanol–water partition coefficient (Wildman–Crippen LogP) is 4.42. The first-order valence-electron chi connectivity index (χ1n) is 14.6. The number of aromatic nitrogens is 8. The number of unbranched alkanes of at least 4 members (excludes halogenated alkanes) is 1. The average Bonchev–Trinajstić information content (AvgIpc) is 3.79. The van der Waals surface area contributed by atoms with E-state index in [4.69, 9.17) is 4.98 Å². The highest BCUT2D eigenvalue weighted by Crippen LogP contribution is 2.26. The highest BCUT2D eigenvalue weighted by atomic mass is 16.3. The Balaban J connectivity index is 1.23. The van der Waals surface area contributed by atoms with Gasteiger partial charge in [0.15, 0.2) is 0 Å². The number of hydrogen-bond acceptors (Lipinski definition) is 7. The molecule has 4 heterocycles. The molecule has 2 aromatic carbocycles. The van der Waals surface area contributed by atoms with E-state index < -0.39 is 0 Å². The number of H-pyrrole nitrogens is 1. The van der Waals surface area contributed by atoms with Crippen molar-refractivity contribution in [3.8, 4) is 0 Å². The Hall–Kier alpha value is -5.30. The zero-order chi connectivity index (χ0) is 30.8. The Bertz CT molecular complexity index is 1980. The topological polar surface area (TPSA) is 161 Å². The maximum Gasteiger partial charge on any atom is 0.276 e. The average molecular weight is 595 g/mol. The van der Waals surface area contributed by atoms with Crippen molar-refractivity contribution >= 4 is 45.8 Å². The van der Waals surface area contributed by atoms with Gasteiger partial charge < -0.3 is 14.2 Å². The standard InChI is InChI=1S/C31H34N10O3/c1-4-41-26(17-20(3)38-41)29(44)35-31-33-23-12-9-10-21(18-42)27(23)40(31)15-8-7-14-39-25-13-6-5-11-22(25)32-30(39)34-28(43)24-16-19(2)36-37-24/h5-6,9-13,16-17,42H,4,7-8,14-15,18H2,1-3H3,(H,36,37)(H,32,34,43)(H,33,35,44). The fraction of sp³-hybridized carbons (Fsp3) is 0.290. The number of para-hydroxylation sites is 3. The third kappa shape index (κ3) is 5.56. The van der Waals surface area contributed by atoms with Crippen LogP contribution in [0.3, 0.4) is 0 Å². The molecule has 0 saturated heterocycles.